The first-order chi connectivity index (χ1) is 30.1. The number of nitrogens with one attached hydrogen (secondary N) is 5. The third-order valence-electron chi connectivity index (χ3n) is 12.4. The van der Waals surface area contributed by atoms with Gasteiger partial charge < -0.3 is 51.5 Å². The molecule has 4 aliphatic rings. The number of fused-ring (bicyclic) bond motifs is 5. The highest BCUT2D eigenvalue weighted by atomic mass is 19.1. The monoisotopic (exact) mass is 866 g/mol. The van der Waals surface area contributed by atoms with Crippen LogP contribution >= 0.6 is 0 Å². The molecule has 63 heavy (non-hydrogen) atoms. The van der Waals surface area contributed by atoms with Gasteiger partial charge in [0.05, 0.1) is 60.8 Å². The van der Waals surface area contributed by atoms with Crippen molar-refractivity contribution in [3.63, 3.8) is 0 Å². The molecule has 1 saturated carbocycles. The van der Waals surface area contributed by atoms with Gasteiger partial charge in [-0.05, 0) is 67.9 Å². The summed E-state index contributed by atoms with van der Waals surface area (Å²) in [5.41, 5.74) is 7.69. The predicted octanol–water partition coefficient (Wildman–Crippen LogP) is 0.0280. The molecule has 8 N–H and O–H groups in total. The van der Waals surface area contributed by atoms with E-state index in [1.807, 2.05) is 6.07 Å². The van der Waals surface area contributed by atoms with E-state index in [4.69, 9.17) is 20.2 Å². The first kappa shape index (κ1) is 43.1. The number of aromatic nitrogens is 2. The summed E-state index contributed by atoms with van der Waals surface area (Å²) in [4.78, 5) is 94.6. The molecule has 330 valence electrons. The molecule has 4 heterocycles. The molecule has 3 atom stereocenters. The number of hydrogen-bond acceptors (Lipinski definition) is 12. The average molecular weight is 867 g/mol. The molecule has 8 rings (SSSR count). The maximum atomic E-state index is 15.3. The molecule has 2 aromatic carbocycles. The molecule has 18 nitrogen and oxygen atoms in total. The number of esters is 1. The number of pyridine rings is 2. The zero-order valence-corrected chi connectivity index (χ0v) is 34.6. The highest BCUT2D eigenvalue weighted by Crippen LogP contribution is 2.46. The Bertz CT molecular complexity index is 2630. The lowest BCUT2D eigenvalue weighted by atomic mass is 9.79. The van der Waals surface area contributed by atoms with Gasteiger partial charge >= 0.3 is 5.97 Å². The molecular weight excluding hydrogens is 820 g/mol. The van der Waals surface area contributed by atoms with E-state index in [0.717, 1.165) is 22.1 Å². The first-order valence-electron chi connectivity index (χ1n) is 20.7. The van der Waals surface area contributed by atoms with Crippen molar-refractivity contribution in [2.45, 2.75) is 82.9 Å². The molecule has 4 aromatic rings. The summed E-state index contributed by atoms with van der Waals surface area (Å²) >= 11 is 0. The van der Waals surface area contributed by atoms with E-state index < -0.39 is 71.1 Å². The summed E-state index contributed by atoms with van der Waals surface area (Å²) in [6.07, 6.45) is 1.53. The number of aryl methyl sites for hydroxylation is 1. The molecule has 0 saturated heterocycles. The van der Waals surface area contributed by atoms with Crippen molar-refractivity contribution in [2.75, 3.05) is 26.4 Å². The van der Waals surface area contributed by atoms with Crippen LogP contribution in [0.2, 0.25) is 0 Å². The Labute approximate surface area is 359 Å². The molecular formula is C44H47FN8O10. The standard InChI is InChI=1S/C44H47FN8O10/c1-21-25-8-9-30(38-26-18-53-33(39(26)51-31(37(25)38)14-29(21)45)13-28-27(42(53)59)19-62-43(60)44(28,2)61)52-40(57)23-11-24(12-23)63-20-49-35(55)16-48-41(58)32(10-22-6-4-3-5-7-22)50-36(56)17-47-34(54)15-46/h3-7,13-14,23-24,30,32,61H,8-12,15-20,46H2,1-2H3,(H,47,54)(H,48,58)(H,49,55)(H,50,56)(H,52,57)/t23-,24+,30-,32-,44-/m0/s1. The van der Waals surface area contributed by atoms with E-state index in [1.165, 1.54) is 17.6 Å². The van der Waals surface area contributed by atoms with Crippen LogP contribution in [0.25, 0.3) is 22.3 Å². The second-order valence-electron chi connectivity index (χ2n) is 16.5. The minimum Gasteiger partial charge on any atom is -0.458 e. The molecule has 19 heteroatoms. The summed E-state index contributed by atoms with van der Waals surface area (Å²) in [7, 11) is 0. The van der Waals surface area contributed by atoms with Crippen LogP contribution in [-0.4, -0.2) is 88.7 Å². The van der Waals surface area contributed by atoms with Gasteiger partial charge in [-0.25, -0.2) is 14.2 Å². The number of carbonyl (C=O) groups is 6. The van der Waals surface area contributed by atoms with E-state index >= 15 is 4.39 Å². The van der Waals surface area contributed by atoms with E-state index in [1.54, 1.807) is 37.3 Å². The van der Waals surface area contributed by atoms with Crippen LogP contribution in [0.1, 0.15) is 71.2 Å². The number of cyclic esters (lactones) is 1. The number of carbonyl (C=O) groups excluding carboxylic acids is 6. The Morgan fingerprint density at radius 1 is 1.02 bits per heavy atom. The van der Waals surface area contributed by atoms with E-state index in [9.17, 15) is 38.7 Å². The Morgan fingerprint density at radius 3 is 2.51 bits per heavy atom. The zero-order chi connectivity index (χ0) is 44.7. The smallest absolute Gasteiger partial charge is 0.342 e. The lowest BCUT2D eigenvalue weighted by Gasteiger charge is -2.36. The number of benzene rings is 2. The van der Waals surface area contributed by atoms with Gasteiger partial charge in [-0.3, -0.25) is 28.8 Å². The molecule has 0 spiro atoms. The second kappa shape index (κ2) is 17.3. The Balaban J connectivity index is 0.876. The van der Waals surface area contributed by atoms with Gasteiger partial charge in [-0.2, -0.15) is 0 Å². The molecule has 2 aliphatic carbocycles. The van der Waals surface area contributed by atoms with Crippen LogP contribution in [-0.2, 0) is 69.8 Å². The van der Waals surface area contributed by atoms with Gasteiger partial charge in [-0.15, -0.1) is 0 Å². The van der Waals surface area contributed by atoms with Crippen molar-refractivity contribution in [1.82, 2.24) is 36.1 Å². The topological polar surface area (TPSA) is 262 Å². The minimum absolute atomic E-state index is 0.115. The number of rotatable bonds is 14. The molecule has 2 aromatic heterocycles. The average Bonchev–Trinajstić information content (AvgIpc) is 3.62. The van der Waals surface area contributed by atoms with E-state index in [2.05, 4.69) is 26.6 Å². The number of ether oxygens (including phenoxy) is 2. The van der Waals surface area contributed by atoms with Gasteiger partial charge in [-0.1, -0.05) is 30.3 Å². The third kappa shape index (κ3) is 8.38. The highest BCUT2D eigenvalue weighted by Gasteiger charge is 2.44. The van der Waals surface area contributed by atoms with E-state index in [-0.39, 0.29) is 62.5 Å². The van der Waals surface area contributed by atoms with Crippen LogP contribution in [0.15, 0.2) is 47.3 Å². The largest absolute Gasteiger partial charge is 0.458 e. The number of nitrogens with zero attached hydrogens (tertiary/aromatic N) is 2. The number of nitrogens with two attached hydrogens (primary N) is 1. The molecule has 0 radical (unpaired) electrons. The summed E-state index contributed by atoms with van der Waals surface area (Å²) in [6, 6.07) is 10.4. The SMILES string of the molecule is Cc1c(F)cc2nc3c(c4c2c1CC[C@@H]4NC(=O)[C@H]1C[C@@H](OCNC(=O)CNC(=O)[C@H](Cc2ccccc2)NC(=O)CNC(=O)CN)C1)Cn1c-3cc2c(c1=O)COC(=O)[C@@]2(C)O. The fourth-order valence-corrected chi connectivity index (χ4v) is 8.80. The lowest BCUT2D eigenvalue weighted by molar-refractivity contribution is -0.169. The number of aliphatic hydroxyl groups is 1. The van der Waals surface area contributed by atoms with Crippen LogP contribution < -0.4 is 37.9 Å². The van der Waals surface area contributed by atoms with Crippen LogP contribution in [0.5, 0.6) is 0 Å². The fraction of sp³-hybridized carbons (Fsp3) is 0.409. The normalized spacial score (nSPS) is 20.8. The van der Waals surface area contributed by atoms with Gasteiger partial charge in [0, 0.05) is 34.9 Å². The van der Waals surface area contributed by atoms with Gasteiger partial charge in [0.25, 0.3) is 5.56 Å². The minimum atomic E-state index is -2.06. The maximum Gasteiger partial charge on any atom is 0.342 e. The molecule has 0 bridgehead atoms. The van der Waals surface area contributed by atoms with Crippen molar-refractivity contribution in [1.29, 1.82) is 0 Å². The van der Waals surface area contributed by atoms with Crippen molar-refractivity contribution in [3.05, 3.63) is 97.6 Å². The van der Waals surface area contributed by atoms with Crippen LogP contribution in [0.3, 0.4) is 0 Å². The van der Waals surface area contributed by atoms with Crippen molar-refractivity contribution in [2.24, 2.45) is 11.7 Å². The second-order valence-corrected chi connectivity index (χ2v) is 16.5. The Morgan fingerprint density at radius 2 is 1.76 bits per heavy atom. The van der Waals surface area contributed by atoms with Crippen molar-refractivity contribution in [3.8, 4) is 11.4 Å². The molecule has 5 amide bonds. The molecule has 1 fully saturated rings. The quantitative estimate of drug-likeness (QED) is 0.0576. The summed E-state index contributed by atoms with van der Waals surface area (Å²) in [6.45, 7) is 1.56. The van der Waals surface area contributed by atoms with Gasteiger partial charge in [0.15, 0.2) is 5.60 Å². The first-order valence-corrected chi connectivity index (χ1v) is 20.7. The maximum absolute atomic E-state index is 15.3. The lowest BCUT2D eigenvalue weighted by Crippen LogP contribution is -2.52. The number of halogens is 1. The van der Waals surface area contributed by atoms with Crippen LogP contribution in [0.4, 0.5) is 4.39 Å². The third-order valence-corrected chi connectivity index (χ3v) is 12.4. The summed E-state index contributed by atoms with van der Waals surface area (Å²) in [5.74, 6) is -4.19. The van der Waals surface area contributed by atoms with Crippen molar-refractivity contribution >= 4 is 46.4 Å². The summed E-state index contributed by atoms with van der Waals surface area (Å²) in [5, 5.41) is 25.0. The Kier molecular flexibility index (Phi) is 11.8. The van der Waals surface area contributed by atoms with Gasteiger partial charge in [0.1, 0.15) is 25.2 Å². The molecule has 2 aliphatic heterocycles. The fourth-order valence-electron chi connectivity index (χ4n) is 8.80. The zero-order valence-electron chi connectivity index (χ0n) is 34.6. The number of amides is 5. The summed E-state index contributed by atoms with van der Waals surface area (Å²) < 4.78 is 27.7. The predicted molar refractivity (Wildman–Crippen MR) is 222 cm³/mol. The van der Waals surface area contributed by atoms with Crippen LogP contribution in [0, 0.1) is 18.7 Å². The Hall–Kier alpha value is -6.57. The molecule has 0 unspecified atom stereocenters. The van der Waals surface area contributed by atoms with Crippen molar-refractivity contribution < 1.29 is 47.7 Å². The van der Waals surface area contributed by atoms with E-state index in [0.29, 0.717) is 53.7 Å². The van der Waals surface area contributed by atoms with Gasteiger partial charge in [0.2, 0.25) is 29.5 Å². The highest BCUT2D eigenvalue weighted by molar-refractivity contribution is 5.95. The number of hydrogen-bond donors (Lipinski definition) is 7.